The van der Waals surface area contributed by atoms with E-state index in [0.29, 0.717) is 11.3 Å². The van der Waals surface area contributed by atoms with Crippen LogP contribution in [0.3, 0.4) is 0 Å². The van der Waals surface area contributed by atoms with Crippen LogP contribution in [0.4, 0.5) is 13.2 Å². The van der Waals surface area contributed by atoms with Crippen molar-refractivity contribution in [3.05, 3.63) is 22.7 Å². The Kier molecular flexibility index (Phi) is 4.70. The zero-order valence-corrected chi connectivity index (χ0v) is 10.1. The van der Waals surface area contributed by atoms with Gasteiger partial charge in [0, 0.05) is 11.8 Å². The number of hydrogen-bond acceptors (Lipinski definition) is 3. The molecule has 1 rings (SSSR count). The zero-order chi connectivity index (χ0) is 13.1. The van der Waals surface area contributed by atoms with E-state index in [-0.39, 0.29) is 17.8 Å². The van der Waals surface area contributed by atoms with Crippen LogP contribution in [-0.4, -0.2) is 22.8 Å². The molecule has 0 aliphatic carbocycles. The van der Waals surface area contributed by atoms with Gasteiger partial charge in [-0.3, -0.25) is 0 Å². The van der Waals surface area contributed by atoms with Crippen molar-refractivity contribution in [2.24, 2.45) is 0 Å². The second kappa shape index (κ2) is 5.64. The van der Waals surface area contributed by atoms with Gasteiger partial charge >= 0.3 is 6.18 Å². The molecule has 0 bridgehead atoms. The maximum absolute atomic E-state index is 11.9. The van der Waals surface area contributed by atoms with E-state index in [4.69, 9.17) is 11.6 Å². The van der Waals surface area contributed by atoms with Crippen molar-refractivity contribution in [3.8, 4) is 0 Å². The third kappa shape index (κ3) is 4.87. The fraction of sp³-hybridized carbons (Fsp3) is 0.600. The van der Waals surface area contributed by atoms with Crippen LogP contribution in [0.2, 0.25) is 5.28 Å². The molecule has 0 aliphatic heterocycles. The molecule has 0 unspecified atom stereocenters. The molecular formula is C10H12ClF3N2O. The number of alkyl halides is 3. The van der Waals surface area contributed by atoms with Crippen molar-refractivity contribution >= 4 is 11.6 Å². The summed E-state index contributed by atoms with van der Waals surface area (Å²) in [7, 11) is 0. The maximum atomic E-state index is 11.9. The normalized spacial score (nSPS) is 12.2. The molecule has 0 saturated carbocycles. The van der Waals surface area contributed by atoms with Crippen molar-refractivity contribution in [1.29, 1.82) is 0 Å². The molecule has 0 aliphatic rings. The Bertz CT molecular complexity index is 382. The minimum absolute atomic E-state index is 0.0417. The van der Waals surface area contributed by atoms with E-state index in [0.717, 1.165) is 0 Å². The molecule has 96 valence electrons. The van der Waals surface area contributed by atoms with Crippen molar-refractivity contribution in [3.63, 3.8) is 0 Å². The van der Waals surface area contributed by atoms with Gasteiger partial charge in [-0.1, -0.05) is 13.8 Å². The summed E-state index contributed by atoms with van der Waals surface area (Å²) in [4.78, 5) is 7.71. The van der Waals surface area contributed by atoms with Gasteiger partial charge in [0.05, 0.1) is 12.3 Å². The molecule has 1 heterocycles. The Morgan fingerprint density at radius 2 is 2.06 bits per heavy atom. The SMILES string of the molecule is CC(C)c1nc(Cl)ncc1COCC(F)(F)F. The Morgan fingerprint density at radius 3 is 2.59 bits per heavy atom. The van der Waals surface area contributed by atoms with E-state index in [1.54, 1.807) is 0 Å². The molecule has 0 N–H and O–H groups in total. The number of rotatable bonds is 4. The van der Waals surface area contributed by atoms with Crippen molar-refractivity contribution < 1.29 is 17.9 Å². The van der Waals surface area contributed by atoms with E-state index < -0.39 is 12.8 Å². The highest BCUT2D eigenvalue weighted by Gasteiger charge is 2.27. The molecule has 1 aromatic rings. The summed E-state index contributed by atoms with van der Waals surface area (Å²) in [5.41, 5.74) is 1.13. The van der Waals surface area contributed by atoms with Crippen LogP contribution in [0.5, 0.6) is 0 Å². The van der Waals surface area contributed by atoms with Gasteiger partial charge in [-0.25, -0.2) is 9.97 Å². The Morgan fingerprint density at radius 1 is 1.41 bits per heavy atom. The van der Waals surface area contributed by atoms with Gasteiger partial charge in [-0.05, 0) is 17.5 Å². The predicted octanol–water partition coefficient (Wildman–Crippen LogP) is 3.33. The monoisotopic (exact) mass is 268 g/mol. The van der Waals surface area contributed by atoms with E-state index in [9.17, 15) is 13.2 Å². The maximum Gasteiger partial charge on any atom is 0.411 e. The average Bonchev–Trinajstić information content (AvgIpc) is 2.18. The number of halogens is 4. The van der Waals surface area contributed by atoms with Gasteiger partial charge in [0.25, 0.3) is 0 Å². The number of ether oxygens (including phenoxy) is 1. The topological polar surface area (TPSA) is 35.0 Å². The lowest BCUT2D eigenvalue weighted by Crippen LogP contribution is -2.17. The van der Waals surface area contributed by atoms with Gasteiger partial charge < -0.3 is 4.74 Å². The molecule has 0 aromatic carbocycles. The highest BCUT2D eigenvalue weighted by atomic mass is 35.5. The lowest BCUT2D eigenvalue weighted by Gasteiger charge is -2.12. The average molecular weight is 269 g/mol. The van der Waals surface area contributed by atoms with Crippen LogP contribution in [0.1, 0.15) is 31.0 Å². The van der Waals surface area contributed by atoms with Crippen LogP contribution in [0, 0.1) is 0 Å². The molecule has 0 fully saturated rings. The van der Waals surface area contributed by atoms with Gasteiger partial charge in [-0.2, -0.15) is 13.2 Å². The van der Waals surface area contributed by atoms with Gasteiger partial charge in [-0.15, -0.1) is 0 Å². The summed E-state index contributed by atoms with van der Waals surface area (Å²) in [6.07, 6.45) is -2.94. The summed E-state index contributed by atoms with van der Waals surface area (Å²) < 4.78 is 40.3. The summed E-state index contributed by atoms with van der Waals surface area (Å²) in [5, 5.41) is 0.0771. The van der Waals surface area contributed by atoms with Crippen molar-refractivity contribution in [1.82, 2.24) is 9.97 Å². The zero-order valence-electron chi connectivity index (χ0n) is 9.38. The first-order valence-corrected chi connectivity index (χ1v) is 5.33. The quantitative estimate of drug-likeness (QED) is 0.786. The Balaban J connectivity index is 2.70. The molecule has 17 heavy (non-hydrogen) atoms. The lowest BCUT2D eigenvalue weighted by molar-refractivity contribution is -0.176. The number of hydrogen-bond donors (Lipinski definition) is 0. The van der Waals surface area contributed by atoms with E-state index in [2.05, 4.69) is 14.7 Å². The van der Waals surface area contributed by atoms with E-state index >= 15 is 0 Å². The molecule has 3 nitrogen and oxygen atoms in total. The lowest BCUT2D eigenvalue weighted by atomic mass is 10.1. The summed E-state index contributed by atoms with van der Waals surface area (Å²) in [6.45, 7) is 2.27. The summed E-state index contributed by atoms with van der Waals surface area (Å²) in [5.74, 6) is 0.0417. The third-order valence-electron chi connectivity index (χ3n) is 1.94. The molecule has 0 amide bonds. The van der Waals surface area contributed by atoms with Crippen molar-refractivity contribution in [2.75, 3.05) is 6.61 Å². The molecule has 7 heteroatoms. The molecule has 1 aromatic heterocycles. The van der Waals surface area contributed by atoms with Gasteiger partial charge in [0.2, 0.25) is 5.28 Å². The molecule has 0 radical (unpaired) electrons. The predicted molar refractivity (Wildman–Crippen MR) is 56.8 cm³/mol. The first kappa shape index (κ1) is 14.2. The standard InChI is InChI=1S/C10H12ClF3N2O/c1-6(2)8-7(3-15-9(11)16-8)4-17-5-10(12,13)14/h3,6H,4-5H2,1-2H3. The highest BCUT2D eigenvalue weighted by molar-refractivity contribution is 6.28. The molecule has 0 saturated heterocycles. The van der Waals surface area contributed by atoms with Crippen LogP contribution in [0.25, 0.3) is 0 Å². The van der Waals surface area contributed by atoms with Gasteiger partial charge in [0.1, 0.15) is 6.61 Å². The third-order valence-corrected chi connectivity index (χ3v) is 2.12. The molecular weight excluding hydrogens is 257 g/mol. The summed E-state index contributed by atoms with van der Waals surface area (Å²) in [6, 6.07) is 0. The molecule has 0 spiro atoms. The summed E-state index contributed by atoms with van der Waals surface area (Å²) >= 11 is 5.62. The Hall–Kier alpha value is -0.880. The van der Waals surface area contributed by atoms with E-state index in [1.165, 1.54) is 6.20 Å². The Labute approximate surface area is 102 Å². The van der Waals surface area contributed by atoms with Crippen LogP contribution >= 0.6 is 11.6 Å². The fourth-order valence-electron chi connectivity index (χ4n) is 1.29. The number of nitrogens with zero attached hydrogens (tertiary/aromatic N) is 2. The highest BCUT2D eigenvalue weighted by Crippen LogP contribution is 2.20. The smallest absolute Gasteiger partial charge is 0.367 e. The largest absolute Gasteiger partial charge is 0.411 e. The number of aromatic nitrogens is 2. The first-order valence-electron chi connectivity index (χ1n) is 4.95. The first-order chi connectivity index (χ1) is 7.79. The fourth-order valence-corrected chi connectivity index (χ4v) is 1.43. The molecule has 0 atom stereocenters. The van der Waals surface area contributed by atoms with E-state index in [1.807, 2.05) is 13.8 Å². The van der Waals surface area contributed by atoms with Crippen LogP contribution in [0.15, 0.2) is 6.20 Å². The second-order valence-electron chi connectivity index (χ2n) is 3.81. The van der Waals surface area contributed by atoms with Crippen LogP contribution < -0.4 is 0 Å². The van der Waals surface area contributed by atoms with Gasteiger partial charge in [0.15, 0.2) is 0 Å². The minimum Gasteiger partial charge on any atom is -0.367 e. The second-order valence-corrected chi connectivity index (χ2v) is 4.15. The van der Waals surface area contributed by atoms with Crippen molar-refractivity contribution in [2.45, 2.75) is 32.5 Å². The minimum atomic E-state index is -4.33. The van der Waals surface area contributed by atoms with Crippen LogP contribution in [-0.2, 0) is 11.3 Å².